The van der Waals surface area contributed by atoms with Crippen LogP contribution in [0.3, 0.4) is 0 Å². The highest BCUT2D eigenvalue weighted by Crippen LogP contribution is 2.74. The molecule has 4 nitrogen and oxygen atoms in total. The summed E-state index contributed by atoms with van der Waals surface area (Å²) < 4.78 is 0. The normalized spacial score (nSPS) is 54.8. The Balaban J connectivity index is 1.40. The molecule has 5 aliphatic rings. The zero-order chi connectivity index (χ0) is 19.9. The van der Waals surface area contributed by atoms with Gasteiger partial charge < -0.3 is 10.2 Å². The number of hydrogen-bond acceptors (Lipinski definition) is 3. The lowest BCUT2D eigenvalue weighted by atomic mass is 9.43. The smallest absolute Gasteiger partial charge is 0.303 e. The topological polar surface area (TPSA) is 74.6 Å². The largest absolute Gasteiger partial charge is 0.481 e. The summed E-state index contributed by atoms with van der Waals surface area (Å²) in [5.74, 6) is 2.80. The first kappa shape index (κ1) is 19.1. The fourth-order valence-corrected chi connectivity index (χ4v) is 9.32. The third-order valence-electron chi connectivity index (χ3n) is 10.8. The Kier molecular flexibility index (Phi) is 4.13. The van der Waals surface area contributed by atoms with Crippen LogP contribution >= 0.6 is 0 Å². The fourth-order valence-electron chi connectivity index (χ4n) is 9.32. The van der Waals surface area contributed by atoms with Crippen LogP contribution in [-0.2, 0) is 9.59 Å². The molecule has 5 fully saturated rings. The summed E-state index contributed by atoms with van der Waals surface area (Å²) >= 11 is 0. The van der Waals surface area contributed by atoms with E-state index in [0.717, 1.165) is 38.5 Å². The van der Waals surface area contributed by atoms with E-state index in [0.29, 0.717) is 47.2 Å². The van der Waals surface area contributed by atoms with Crippen LogP contribution in [-0.4, -0.2) is 27.6 Å². The van der Waals surface area contributed by atoms with Crippen molar-refractivity contribution in [2.75, 3.05) is 0 Å². The molecule has 0 unspecified atom stereocenters. The van der Waals surface area contributed by atoms with Gasteiger partial charge in [0.1, 0.15) is 5.78 Å². The summed E-state index contributed by atoms with van der Waals surface area (Å²) in [7, 11) is 0. The Labute approximate surface area is 168 Å². The predicted octanol–water partition coefficient (Wildman–Crippen LogP) is 4.44. The van der Waals surface area contributed by atoms with E-state index in [4.69, 9.17) is 5.11 Å². The lowest BCUT2D eigenvalue weighted by Gasteiger charge is -2.63. The Morgan fingerprint density at radius 2 is 1.86 bits per heavy atom. The van der Waals surface area contributed by atoms with Crippen molar-refractivity contribution >= 4 is 11.8 Å². The molecule has 5 aliphatic carbocycles. The van der Waals surface area contributed by atoms with E-state index < -0.39 is 11.6 Å². The van der Waals surface area contributed by atoms with Crippen molar-refractivity contribution in [3.8, 4) is 0 Å². The Morgan fingerprint density at radius 1 is 1.07 bits per heavy atom. The van der Waals surface area contributed by atoms with Crippen LogP contribution in [0.2, 0.25) is 0 Å². The number of carboxylic acid groups (broad SMARTS) is 1. The zero-order valence-corrected chi connectivity index (χ0v) is 17.5. The predicted molar refractivity (Wildman–Crippen MR) is 106 cm³/mol. The number of aliphatic carboxylic acids is 1. The van der Waals surface area contributed by atoms with Gasteiger partial charge in [-0.2, -0.15) is 0 Å². The van der Waals surface area contributed by atoms with Gasteiger partial charge in [-0.15, -0.1) is 0 Å². The number of hydrogen-bond donors (Lipinski definition) is 2. The summed E-state index contributed by atoms with van der Waals surface area (Å²) in [5.41, 5.74) is -0.378. The van der Waals surface area contributed by atoms with Gasteiger partial charge in [0.05, 0.1) is 5.60 Å². The van der Waals surface area contributed by atoms with E-state index in [1.165, 1.54) is 19.3 Å². The SMILES string of the molecule is C[C@]12CCC(=O)C[C@H]1CC[C@@H]1[C@@H]2CC[C@@]2(C)[C@H]1C[C@H]1C[C@@H](CCC(=O)O)[C@]12O. The van der Waals surface area contributed by atoms with Gasteiger partial charge in [0, 0.05) is 19.3 Å². The maximum absolute atomic E-state index is 12.1. The first-order valence-electron chi connectivity index (χ1n) is 11.7. The molecule has 0 aromatic rings. The van der Waals surface area contributed by atoms with Crippen LogP contribution in [0.1, 0.15) is 84.5 Å². The average molecular weight is 389 g/mol. The number of carbonyl (C=O) groups excluding carboxylic acids is 1. The molecule has 2 N–H and O–H groups in total. The summed E-state index contributed by atoms with van der Waals surface area (Å²) in [6.07, 6.45) is 10.2. The summed E-state index contributed by atoms with van der Waals surface area (Å²) in [5, 5.41) is 21.0. The molecule has 4 heteroatoms. The Hall–Kier alpha value is -0.900. The zero-order valence-electron chi connectivity index (χ0n) is 17.5. The molecule has 0 aromatic heterocycles. The van der Waals surface area contributed by atoms with Crippen LogP contribution in [0.15, 0.2) is 0 Å². The number of ketones is 1. The van der Waals surface area contributed by atoms with Gasteiger partial charge in [0.15, 0.2) is 0 Å². The molecule has 0 bridgehead atoms. The average Bonchev–Trinajstić information content (AvgIpc) is 2.81. The van der Waals surface area contributed by atoms with Crippen LogP contribution in [0.4, 0.5) is 0 Å². The highest BCUT2D eigenvalue weighted by atomic mass is 16.4. The molecule has 0 radical (unpaired) electrons. The maximum Gasteiger partial charge on any atom is 0.303 e. The Bertz CT molecular complexity index is 703. The second-order valence-corrected chi connectivity index (χ2v) is 11.5. The standard InChI is InChI=1S/C24H36O4/c1-22-9-7-17(25)12-14(22)3-5-18-19(22)8-10-23(2)20(18)13-16-11-15(24(16,23)28)4-6-21(26)27/h14-16,18-20,28H,3-13H2,1-2H3,(H,26,27)/t14-,15-,16-,18-,19+,20+,22+,23+,24+/m1/s1. The molecule has 0 heterocycles. The van der Waals surface area contributed by atoms with E-state index in [-0.39, 0.29) is 17.8 Å². The second kappa shape index (κ2) is 6.06. The fraction of sp³-hybridized carbons (Fsp3) is 0.917. The van der Waals surface area contributed by atoms with Crippen LogP contribution in [0, 0.1) is 46.3 Å². The van der Waals surface area contributed by atoms with E-state index in [1.54, 1.807) is 0 Å². The van der Waals surface area contributed by atoms with Gasteiger partial charge in [-0.1, -0.05) is 13.8 Å². The third-order valence-corrected chi connectivity index (χ3v) is 10.8. The quantitative estimate of drug-likeness (QED) is 0.749. The molecule has 28 heavy (non-hydrogen) atoms. The third kappa shape index (κ3) is 2.27. The number of aliphatic hydroxyl groups is 1. The molecule has 9 atom stereocenters. The van der Waals surface area contributed by atoms with Crippen molar-refractivity contribution in [1.29, 1.82) is 0 Å². The van der Waals surface area contributed by atoms with Crippen molar-refractivity contribution in [3.05, 3.63) is 0 Å². The van der Waals surface area contributed by atoms with Gasteiger partial charge in [-0.3, -0.25) is 9.59 Å². The first-order valence-corrected chi connectivity index (χ1v) is 11.7. The maximum atomic E-state index is 12.1. The lowest BCUT2D eigenvalue weighted by Crippen LogP contribution is -2.63. The van der Waals surface area contributed by atoms with Gasteiger partial charge in [0.25, 0.3) is 0 Å². The van der Waals surface area contributed by atoms with E-state index in [9.17, 15) is 14.7 Å². The van der Waals surface area contributed by atoms with Crippen molar-refractivity contribution in [2.24, 2.45) is 46.3 Å². The lowest BCUT2D eigenvalue weighted by molar-refractivity contribution is -0.222. The monoisotopic (exact) mass is 388 g/mol. The molecule has 0 saturated heterocycles. The molecule has 156 valence electrons. The highest BCUT2D eigenvalue weighted by molar-refractivity contribution is 5.79. The van der Waals surface area contributed by atoms with Gasteiger partial charge in [-0.05, 0) is 97.7 Å². The van der Waals surface area contributed by atoms with Gasteiger partial charge in [-0.25, -0.2) is 0 Å². The van der Waals surface area contributed by atoms with E-state index >= 15 is 0 Å². The minimum Gasteiger partial charge on any atom is -0.481 e. The molecule has 0 aliphatic heterocycles. The van der Waals surface area contributed by atoms with Crippen molar-refractivity contribution in [1.82, 2.24) is 0 Å². The molecule has 5 rings (SSSR count). The van der Waals surface area contributed by atoms with Crippen LogP contribution < -0.4 is 0 Å². The molecular weight excluding hydrogens is 352 g/mol. The van der Waals surface area contributed by atoms with E-state index in [2.05, 4.69) is 13.8 Å². The second-order valence-electron chi connectivity index (χ2n) is 11.5. The summed E-state index contributed by atoms with van der Waals surface area (Å²) in [4.78, 5) is 23.1. The highest BCUT2D eigenvalue weighted by Gasteiger charge is 2.73. The van der Waals surface area contributed by atoms with Gasteiger partial charge >= 0.3 is 5.97 Å². The molecule has 0 amide bonds. The number of carbonyl (C=O) groups is 2. The number of rotatable bonds is 3. The summed E-state index contributed by atoms with van der Waals surface area (Å²) in [6, 6.07) is 0. The number of fused-ring (bicyclic) bond motifs is 7. The van der Waals surface area contributed by atoms with Gasteiger partial charge in [0.2, 0.25) is 0 Å². The molecule has 0 spiro atoms. The number of Topliss-reactive ketones (excluding diaryl/α,β-unsaturated/α-hetero) is 1. The number of carboxylic acids is 1. The van der Waals surface area contributed by atoms with Crippen LogP contribution in [0.5, 0.6) is 0 Å². The first-order chi connectivity index (χ1) is 13.2. The molecule has 0 aromatic carbocycles. The molecular formula is C24H36O4. The minimum atomic E-state index is -0.742. The van der Waals surface area contributed by atoms with Crippen molar-refractivity contribution in [3.63, 3.8) is 0 Å². The summed E-state index contributed by atoms with van der Waals surface area (Å²) in [6.45, 7) is 4.80. The van der Waals surface area contributed by atoms with Crippen LogP contribution in [0.25, 0.3) is 0 Å². The van der Waals surface area contributed by atoms with Crippen molar-refractivity contribution in [2.45, 2.75) is 90.1 Å². The Morgan fingerprint density at radius 3 is 2.61 bits per heavy atom. The molecule has 5 saturated carbocycles. The minimum absolute atomic E-state index is 0.0477. The van der Waals surface area contributed by atoms with Crippen molar-refractivity contribution < 1.29 is 19.8 Å². The van der Waals surface area contributed by atoms with E-state index in [1.807, 2.05) is 0 Å².